The van der Waals surface area contributed by atoms with Crippen molar-refractivity contribution in [3.8, 4) is 11.3 Å². The van der Waals surface area contributed by atoms with Crippen molar-refractivity contribution in [2.75, 3.05) is 24.5 Å². The zero-order valence-electron chi connectivity index (χ0n) is 18.2. The van der Waals surface area contributed by atoms with Gasteiger partial charge in [0, 0.05) is 43.8 Å². The van der Waals surface area contributed by atoms with E-state index in [4.69, 9.17) is 4.98 Å². The van der Waals surface area contributed by atoms with Gasteiger partial charge in [-0.15, -0.1) is 5.10 Å². The van der Waals surface area contributed by atoms with Crippen LogP contribution in [0.4, 0.5) is 5.69 Å². The normalized spacial score (nSPS) is 16.3. The quantitative estimate of drug-likeness (QED) is 0.465. The first-order chi connectivity index (χ1) is 15.8. The summed E-state index contributed by atoms with van der Waals surface area (Å²) in [5.74, 6) is 0.875. The van der Waals surface area contributed by atoms with Gasteiger partial charge < -0.3 is 14.6 Å². The fourth-order valence-electron chi connectivity index (χ4n) is 4.38. The summed E-state index contributed by atoms with van der Waals surface area (Å²) in [6.07, 6.45) is 15.4. The van der Waals surface area contributed by atoms with Crippen LogP contribution in [-0.2, 0) is 13.1 Å². The second-order valence-electron chi connectivity index (χ2n) is 9.04. The minimum atomic E-state index is 0.586. The molecule has 4 aromatic rings. The minimum Gasteiger partial charge on any atom is -0.370 e. The van der Waals surface area contributed by atoms with E-state index in [2.05, 4.69) is 60.5 Å². The van der Waals surface area contributed by atoms with Gasteiger partial charge in [-0.3, -0.25) is 4.98 Å². The fourth-order valence-corrected chi connectivity index (χ4v) is 4.38. The average Bonchev–Trinajstić information content (AvgIpc) is 3.35. The molecule has 1 aliphatic heterocycles. The predicted octanol–water partition coefficient (Wildman–Crippen LogP) is 3.14. The Bertz CT molecular complexity index is 1220. The molecular weight excluding hydrogens is 400 g/mol. The average molecular weight is 429 g/mol. The molecule has 2 aliphatic rings. The van der Waals surface area contributed by atoms with Crippen molar-refractivity contribution in [3.63, 3.8) is 0 Å². The molecule has 6 rings (SSSR count). The monoisotopic (exact) mass is 428 g/mol. The molecule has 2 fully saturated rings. The molecule has 5 heterocycles. The second-order valence-corrected chi connectivity index (χ2v) is 9.04. The molecular formula is C24H28N8. The van der Waals surface area contributed by atoms with Gasteiger partial charge >= 0.3 is 0 Å². The van der Waals surface area contributed by atoms with Crippen molar-refractivity contribution < 1.29 is 0 Å². The zero-order valence-corrected chi connectivity index (χ0v) is 18.2. The molecule has 1 saturated heterocycles. The van der Waals surface area contributed by atoms with Crippen molar-refractivity contribution in [1.82, 2.24) is 34.7 Å². The van der Waals surface area contributed by atoms with Gasteiger partial charge in [-0.1, -0.05) is 17.7 Å². The summed E-state index contributed by atoms with van der Waals surface area (Å²) >= 11 is 0. The van der Waals surface area contributed by atoms with Gasteiger partial charge in [0.25, 0.3) is 0 Å². The Labute approximate surface area is 187 Å². The van der Waals surface area contributed by atoms with E-state index in [0.717, 1.165) is 60.4 Å². The number of aromatic nitrogens is 6. The van der Waals surface area contributed by atoms with E-state index >= 15 is 0 Å². The van der Waals surface area contributed by atoms with E-state index in [-0.39, 0.29) is 0 Å². The Morgan fingerprint density at radius 2 is 1.97 bits per heavy atom. The molecule has 0 radical (unpaired) electrons. The molecule has 32 heavy (non-hydrogen) atoms. The van der Waals surface area contributed by atoms with Crippen LogP contribution in [0.25, 0.3) is 16.9 Å². The van der Waals surface area contributed by atoms with Gasteiger partial charge in [0.05, 0.1) is 30.3 Å². The van der Waals surface area contributed by atoms with E-state index < -0.39 is 0 Å². The topological polar surface area (TPSA) is 76.2 Å². The predicted molar refractivity (Wildman–Crippen MR) is 123 cm³/mol. The van der Waals surface area contributed by atoms with E-state index in [0.29, 0.717) is 6.54 Å². The molecule has 0 amide bonds. The van der Waals surface area contributed by atoms with Crippen LogP contribution in [0.3, 0.4) is 0 Å². The number of anilines is 1. The Morgan fingerprint density at radius 1 is 1.03 bits per heavy atom. The molecule has 164 valence electrons. The molecule has 8 nitrogen and oxygen atoms in total. The van der Waals surface area contributed by atoms with Gasteiger partial charge in [-0.25, -0.2) is 9.67 Å². The van der Waals surface area contributed by atoms with Gasteiger partial charge in [-0.05, 0) is 49.4 Å². The maximum Gasteiger partial charge on any atom is 0.137 e. The third kappa shape index (κ3) is 3.98. The van der Waals surface area contributed by atoms with E-state index in [9.17, 15) is 0 Å². The second kappa shape index (κ2) is 8.35. The summed E-state index contributed by atoms with van der Waals surface area (Å²) in [6, 6.07) is 6.39. The molecule has 4 aromatic heterocycles. The first-order valence-corrected chi connectivity index (χ1v) is 11.6. The van der Waals surface area contributed by atoms with Crippen LogP contribution < -0.4 is 10.2 Å². The molecule has 8 heteroatoms. The number of imidazole rings is 1. The number of hydrogen-bond acceptors (Lipinski definition) is 6. The maximum atomic E-state index is 4.75. The van der Waals surface area contributed by atoms with Crippen LogP contribution in [0, 0.1) is 5.92 Å². The van der Waals surface area contributed by atoms with Crippen LogP contribution in [0.5, 0.6) is 0 Å². The van der Waals surface area contributed by atoms with Crippen LogP contribution >= 0.6 is 0 Å². The summed E-state index contributed by atoms with van der Waals surface area (Å²) in [5.41, 5.74) is 6.18. The van der Waals surface area contributed by atoms with Gasteiger partial charge in [0.1, 0.15) is 11.3 Å². The molecule has 1 N–H and O–H groups in total. The van der Waals surface area contributed by atoms with Crippen molar-refractivity contribution in [1.29, 1.82) is 0 Å². The van der Waals surface area contributed by atoms with E-state index in [1.165, 1.54) is 31.2 Å². The third-order valence-corrected chi connectivity index (χ3v) is 6.65. The van der Waals surface area contributed by atoms with E-state index in [1.54, 1.807) is 0 Å². The largest absolute Gasteiger partial charge is 0.370 e. The van der Waals surface area contributed by atoms with Crippen molar-refractivity contribution in [2.45, 2.75) is 38.8 Å². The highest BCUT2D eigenvalue weighted by Crippen LogP contribution is 2.26. The third-order valence-electron chi connectivity index (χ3n) is 6.65. The van der Waals surface area contributed by atoms with Gasteiger partial charge in [0.15, 0.2) is 0 Å². The van der Waals surface area contributed by atoms with Crippen LogP contribution in [0.1, 0.15) is 36.9 Å². The Kier molecular flexibility index (Phi) is 5.07. The number of hydrogen-bond donors (Lipinski definition) is 1. The fraction of sp³-hybridized carbons (Fsp3) is 0.417. The summed E-state index contributed by atoms with van der Waals surface area (Å²) in [7, 11) is 0. The lowest BCUT2D eigenvalue weighted by Gasteiger charge is -2.32. The molecule has 0 atom stereocenters. The Morgan fingerprint density at radius 3 is 2.78 bits per heavy atom. The highest BCUT2D eigenvalue weighted by molar-refractivity contribution is 5.63. The lowest BCUT2D eigenvalue weighted by atomic mass is 9.85. The summed E-state index contributed by atoms with van der Waals surface area (Å²) < 4.78 is 3.95. The SMILES string of the molecule is c1cc2nc(Cn3cc(-c4cncc(N5CCC5)c4)nn3)cn2cc1CNCC1CCC1. The number of pyridine rings is 2. The van der Waals surface area contributed by atoms with Crippen LogP contribution in [0.2, 0.25) is 0 Å². The van der Waals surface area contributed by atoms with Crippen LogP contribution in [-0.4, -0.2) is 49.0 Å². The van der Waals surface area contributed by atoms with Crippen LogP contribution in [0.15, 0.2) is 49.2 Å². The molecule has 0 unspecified atom stereocenters. The van der Waals surface area contributed by atoms with Crippen molar-refractivity contribution in [2.24, 2.45) is 5.92 Å². The molecule has 0 spiro atoms. The zero-order chi connectivity index (χ0) is 21.3. The first-order valence-electron chi connectivity index (χ1n) is 11.6. The molecule has 0 aromatic carbocycles. The van der Waals surface area contributed by atoms with Gasteiger partial charge in [-0.2, -0.15) is 0 Å². The van der Waals surface area contributed by atoms with Crippen molar-refractivity contribution >= 4 is 11.3 Å². The molecule has 0 bridgehead atoms. The molecule has 1 aliphatic carbocycles. The highest BCUT2D eigenvalue weighted by Gasteiger charge is 2.17. The molecule has 1 saturated carbocycles. The number of fused-ring (bicyclic) bond motifs is 1. The Balaban J connectivity index is 1.13. The minimum absolute atomic E-state index is 0.586. The summed E-state index contributed by atoms with van der Waals surface area (Å²) in [4.78, 5) is 11.5. The van der Waals surface area contributed by atoms with E-state index in [1.807, 2.05) is 23.3 Å². The number of nitrogens with zero attached hydrogens (tertiary/aromatic N) is 7. The summed E-state index contributed by atoms with van der Waals surface area (Å²) in [6.45, 7) is 4.81. The first kappa shape index (κ1) is 19.4. The standard InChI is InChI=1S/C24H28N8/c1-3-18(4-1)10-25-11-19-5-6-24-27-21(15-31(24)14-19)16-32-17-23(28-29-32)20-9-22(13-26-12-20)30-7-2-8-30/h5-6,9,12-15,17-18,25H,1-4,7-8,10-11,16H2. The lowest BCUT2D eigenvalue weighted by Crippen LogP contribution is -2.36. The lowest BCUT2D eigenvalue weighted by molar-refractivity contribution is 0.301. The van der Waals surface area contributed by atoms with Gasteiger partial charge in [0.2, 0.25) is 0 Å². The summed E-state index contributed by atoms with van der Waals surface area (Å²) in [5, 5.41) is 12.3. The smallest absolute Gasteiger partial charge is 0.137 e. The number of nitrogens with one attached hydrogen (secondary N) is 1. The Hall–Kier alpha value is -3.26. The number of rotatable bonds is 8. The highest BCUT2D eigenvalue weighted by atomic mass is 15.4. The van der Waals surface area contributed by atoms with Crippen molar-refractivity contribution in [3.05, 3.63) is 60.4 Å². The maximum absolute atomic E-state index is 4.75.